The summed E-state index contributed by atoms with van der Waals surface area (Å²) in [7, 11) is 0. The molecule has 3 heterocycles. The Morgan fingerprint density at radius 2 is 2.20 bits per heavy atom. The van der Waals surface area contributed by atoms with Crippen LogP contribution < -0.4 is 10.6 Å². The molecule has 2 aromatic heterocycles. The van der Waals surface area contributed by atoms with Crippen LogP contribution in [0.2, 0.25) is 0 Å². The Bertz CT molecular complexity index is 509. The molecule has 0 atom stereocenters. The quantitative estimate of drug-likeness (QED) is 0.724. The monoisotopic (exact) mass is 202 g/mol. The zero-order chi connectivity index (χ0) is 10.1. The maximum Gasteiger partial charge on any atom is 0.225 e. The van der Waals surface area contributed by atoms with Crippen molar-refractivity contribution in [2.24, 2.45) is 4.99 Å². The summed E-state index contributed by atoms with van der Waals surface area (Å²) in [5, 5.41) is 7.24. The molecule has 1 fully saturated rings. The molecule has 0 spiro atoms. The van der Waals surface area contributed by atoms with Crippen LogP contribution in [0.1, 0.15) is 0 Å². The molecule has 0 amide bonds. The molecule has 5 heteroatoms. The van der Waals surface area contributed by atoms with Crippen LogP contribution in [0.25, 0.3) is 11.1 Å². The van der Waals surface area contributed by atoms with Crippen molar-refractivity contribution >= 4 is 22.7 Å². The predicted octanol–water partition coefficient (Wildman–Crippen LogP) is 1.01. The van der Waals surface area contributed by atoms with Crippen molar-refractivity contribution in [3.8, 4) is 0 Å². The van der Waals surface area contributed by atoms with Gasteiger partial charge in [-0.25, -0.2) is 9.98 Å². The van der Waals surface area contributed by atoms with Gasteiger partial charge in [0.25, 0.3) is 0 Å². The molecule has 15 heavy (non-hydrogen) atoms. The van der Waals surface area contributed by atoms with Gasteiger partial charge in [-0.2, -0.15) is 0 Å². The fourth-order valence-corrected chi connectivity index (χ4v) is 1.54. The number of guanidine groups is 1. The van der Waals surface area contributed by atoms with E-state index in [1.54, 1.807) is 12.5 Å². The molecule has 1 aliphatic rings. The van der Waals surface area contributed by atoms with Crippen LogP contribution in [0, 0.1) is 0 Å². The number of pyridine rings is 1. The van der Waals surface area contributed by atoms with Gasteiger partial charge in [-0.15, -0.1) is 0 Å². The van der Waals surface area contributed by atoms with Crippen LogP contribution in [-0.2, 0) is 0 Å². The van der Waals surface area contributed by atoms with Crippen molar-refractivity contribution in [1.82, 2.24) is 15.6 Å². The van der Waals surface area contributed by atoms with E-state index in [2.05, 4.69) is 20.6 Å². The molecular weight excluding hydrogens is 192 g/mol. The van der Waals surface area contributed by atoms with Crippen LogP contribution in [0.4, 0.5) is 5.69 Å². The van der Waals surface area contributed by atoms with Gasteiger partial charge in [-0.1, -0.05) is 0 Å². The van der Waals surface area contributed by atoms with Crippen molar-refractivity contribution in [2.45, 2.75) is 0 Å². The van der Waals surface area contributed by atoms with Gasteiger partial charge in [0.05, 0.1) is 18.1 Å². The summed E-state index contributed by atoms with van der Waals surface area (Å²) >= 11 is 0. The van der Waals surface area contributed by atoms with E-state index < -0.39 is 0 Å². The number of hydrogen-bond donors (Lipinski definition) is 2. The molecule has 3 rings (SSSR count). The normalized spacial score (nSPS) is 15.1. The lowest BCUT2D eigenvalue weighted by Gasteiger charge is -1.98. The van der Waals surface area contributed by atoms with E-state index in [0.717, 1.165) is 30.1 Å². The minimum Gasteiger partial charge on any atom is -0.446 e. The second-order valence-electron chi connectivity index (χ2n) is 3.32. The van der Waals surface area contributed by atoms with E-state index in [4.69, 9.17) is 4.42 Å². The Hall–Kier alpha value is -2.04. The number of aliphatic imine (C=N–C) groups is 1. The number of nitrogens with zero attached hydrogens (tertiary/aromatic N) is 2. The highest BCUT2D eigenvalue weighted by atomic mass is 16.3. The number of aromatic nitrogens is 1. The van der Waals surface area contributed by atoms with E-state index >= 15 is 0 Å². The summed E-state index contributed by atoms with van der Waals surface area (Å²) in [6, 6.07) is 3.82. The maximum atomic E-state index is 5.15. The summed E-state index contributed by atoms with van der Waals surface area (Å²) in [4.78, 5) is 8.53. The van der Waals surface area contributed by atoms with Crippen molar-refractivity contribution in [2.75, 3.05) is 13.1 Å². The van der Waals surface area contributed by atoms with Crippen molar-refractivity contribution in [3.63, 3.8) is 0 Å². The summed E-state index contributed by atoms with van der Waals surface area (Å²) in [6.45, 7) is 1.83. The first-order valence-electron chi connectivity index (χ1n) is 4.81. The zero-order valence-corrected chi connectivity index (χ0v) is 8.03. The maximum absolute atomic E-state index is 5.15. The van der Waals surface area contributed by atoms with Gasteiger partial charge in [0.1, 0.15) is 0 Å². The van der Waals surface area contributed by atoms with E-state index in [-0.39, 0.29) is 0 Å². The van der Waals surface area contributed by atoms with Gasteiger partial charge < -0.3 is 15.1 Å². The molecule has 0 bridgehead atoms. The molecular formula is C10H10N4O. The van der Waals surface area contributed by atoms with Crippen LogP contribution >= 0.6 is 0 Å². The van der Waals surface area contributed by atoms with Crippen molar-refractivity contribution < 1.29 is 4.42 Å². The second kappa shape index (κ2) is 3.27. The molecule has 2 aromatic rings. The van der Waals surface area contributed by atoms with E-state index in [9.17, 15) is 0 Å². The average molecular weight is 202 g/mol. The van der Waals surface area contributed by atoms with Crippen LogP contribution in [0.5, 0.6) is 0 Å². The molecule has 0 saturated carbocycles. The Kier molecular flexibility index (Phi) is 1.81. The Labute approximate surface area is 86.2 Å². The molecule has 0 aliphatic carbocycles. The van der Waals surface area contributed by atoms with Crippen LogP contribution in [0.3, 0.4) is 0 Å². The molecule has 76 valence electrons. The van der Waals surface area contributed by atoms with Gasteiger partial charge in [0.15, 0.2) is 5.96 Å². The number of hydrogen-bond acceptors (Lipinski definition) is 3. The minimum atomic E-state index is 0.645. The Morgan fingerprint density at radius 1 is 1.33 bits per heavy atom. The lowest BCUT2D eigenvalue weighted by molar-refractivity contribution is 0.603. The van der Waals surface area contributed by atoms with Crippen LogP contribution in [-0.4, -0.2) is 24.0 Å². The second-order valence-corrected chi connectivity index (χ2v) is 3.32. The third-order valence-corrected chi connectivity index (χ3v) is 2.24. The summed E-state index contributed by atoms with van der Waals surface area (Å²) in [5.41, 5.74) is 1.46. The molecule has 0 radical (unpaired) electrons. The first-order chi connectivity index (χ1) is 7.42. The molecule has 2 N–H and O–H groups in total. The number of fused-ring (bicyclic) bond motifs is 1. The van der Waals surface area contributed by atoms with Gasteiger partial charge in [0, 0.05) is 18.5 Å². The van der Waals surface area contributed by atoms with Gasteiger partial charge >= 0.3 is 0 Å². The fourth-order valence-electron chi connectivity index (χ4n) is 1.54. The molecule has 5 nitrogen and oxygen atoms in total. The first kappa shape index (κ1) is 8.28. The molecule has 0 unspecified atom stereocenters. The third-order valence-electron chi connectivity index (χ3n) is 2.24. The predicted molar refractivity (Wildman–Crippen MR) is 57.1 cm³/mol. The highest BCUT2D eigenvalue weighted by molar-refractivity contribution is 5.85. The highest BCUT2D eigenvalue weighted by Crippen LogP contribution is 2.19. The standard InChI is InChI=1S/C10H10N4O/c1-4-15-9-7(1)5-8(6-13-9)14-10-11-2-3-12-10/h1,4-6H,2-3H2,(H2,11,12,14). The van der Waals surface area contributed by atoms with Gasteiger partial charge in [-0.3, -0.25) is 0 Å². The first-order valence-corrected chi connectivity index (χ1v) is 4.81. The van der Waals surface area contributed by atoms with E-state index in [1.807, 2.05) is 12.1 Å². The summed E-state index contributed by atoms with van der Waals surface area (Å²) in [5.74, 6) is 0.805. The van der Waals surface area contributed by atoms with Gasteiger partial charge in [-0.05, 0) is 12.1 Å². The topological polar surface area (TPSA) is 62.5 Å². The Balaban J connectivity index is 2.00. The molecule has 1 aliphatic heterocycles. The SMILES string of the molecule is c1cc2cc(N=C3NCCN3)cnc2o1. The third kappa shape index (κ3) is 1.52. The largest absolute Gasteiger partial charge is 0.446 e. The fraction of sp³-hybridized carbons (Fsp3) is 0.200. The minimum absolute atomic E-state index is 0.645. The lowest BCUT2D eigenvalue weighted by atomic mass is 10.3. The summed E-state index contributed by atoms with van der Waals surface area (Å²) in [6.07, 6.45) is 3.32. The van der Waals surface area contributed by atoms with Crippen molar-refractivity contribution in [3.05, 3.63) is 24.6 Å². The Morgan fingerprint density at radius 3 is 3.07 bits per heavy atom. The smallest absolute Gasteiger partial charge is 0.225 e. The number of furan rings is 1. The summed E-state index contributed by atoms with van der Waals surface area (Å²) < 4.78 is 5.15. The lowest BCUT2D eigenvalue weighted by Crippen LogP contribution is -2.23. The van der Waals surface area contributed by atoms with Gasteiger partial charge in [0.2, 0.25) is 5.71 Å². The van der Waals surface area contributed by atoms with E-state index in [1.165, 1.54) is 0 Å². The van der Waals surface area contributed by atoms with Crippen LogP contribution in [0.15, 0.2) is 34.0 Å². The molecule has 1 saturated heterocycles. The van der Waals surface area contributed by atoms with Crippen molar-refractivity contribution in [1.29, 1.82) is 0 Å². The highest BCUT2D eigenvalue weighted by Gasteiger charge is 2.05. The average Bonchev–Trinajstić information content (AvgIpc) is 2.87. The number of nitrogens with one attached hydrogen (secondary N) is 2. The zero-order valence-electron chi connectivity index (χ0n) is 8.03. The number of rotatable bonds is 1. The molecule has 0 aromatic carbocycles. The van der Waals surface area contributed by atoms with E-state index in [0.29, 0.717) is 5.71 Å².